The van der Waals surface area contributed by atoms with Crippen LogP contribution in [0.3, 0.4) is 0 Å². The van der Waals surface area contributed by atoms with Gasteiger partial charge in [0, 0.05) is 20.2 Å². The SMILES string of the molecule is COCCNc1cc(C(=O)OC(C)(C)C)ccc1NCC(C)C. The molecule has 0 radical (unpaired) electrons. The molecule has 0 atom stereocenters. The number of carbonyl (C=O) groups excluding carboxylic acids is 1. The Morgan fingerprint density at radius 2 is 1.87 bits per heavy atom. The van der Waals surface area contributed by atoms with Crippen LogP contribution in [0, 0.1) is 5.92 Å². The summed E-state index contributed by atoms with van der Waals surface area (Å²) < 4.78 is 10.5. The molecule has 2 N–H and O–H groups in total. The van der Waals surface area contributed by atoms with Crippen molar-refractivity contribution < 1.29 is 14.3 Å². The lowest BCUT2D eigenvalue weighted by Crippen LogP contribution is -2.24. The standard InChI is InChI=1S/C18H30N2O3/c1-13(2)12-20-15-8-7-14(17(21)23-18(3,4)5)11-16(15)19-9-10-22-6/h7-8,11,13,19-20H,9-10,12H2,1-6H3. The second-order valence-electron chi connectivity index (χ2n) is 6.96. The van der Waals surface area contributed by atoms with Crippen molar-refractivity contribution in [1.82, 2.24) is 0 Å². The maximum Gasteiger partial charge on any atom is 0.338 e. The van der Waals surface area contributed by atoms with Gasteiger partial charge in [-0.05, 0) is 44.9 Å². The van der Waals surface area contributed by atoms with Crippen molar-refractivity contribution in [2.45, 2.75) is 40.2 Å². The summed E-state index contributed by atoms with van der Waals surface area (Å²) in [5.41, 5.74) is 1.89. The number of hydrogen-bond donors (Lipinski definition) is 2. The summed E-state index contributed by atoms with van der Waals surface area (Å²) in [6.45, 7) is 12.0. The zero-order chi connectivity index (χ0) is 17.5. The fourth-order valence-corrected chi connectivity index (χ4v) is 1.91. The van der Waals surface area contributed by atoms with Crippen LogP contribution in [0.1, 0.15) is 45.0 Å². The first kappa shape index (κ1) is 19.3. The van der Waals surface area contributed by atoms with Gasteiger partial charge in [-0.15, -0.1) is 0 Å². The third kappa shape index (κ3) is 7.37. The fraction of sp³-hybridized carbons (Fsp3) is 0.611. The van der Waals surface area contributed by atoms with E-state index in [1.807, 2.05) is 32.9 Å². The Labute approximate surface area is 139 Å². The third-order valence-corrected chi connectivity index (χ3v) is 2.98. The highest BCUT2D eigenvalue weighted by Crippen LogP contribution is 2.25. The minimum Gasteiger partial charge on any atom is -0.456 e. The Morgan fingerprint density at radius 1 is 1.17 bits per heavy atom. The summed E-state index contributed by atoms with van der Waals surface area (Å²) >= 11 is 0. The van der Waals surface area contributed by atoms with Crippen molar-refractivity contribution in [3.63, 3.8) is 0 Å². The maximum absolute atomic E-state index is 12.2. The van der Waals surface area contributed by atoms with Gasteiger partial charge >= 0.3 is 5.97 Å². The van der Waals surface area contributed by atoms with E-state index in [0.717, 1.165) is 17.9 Å². The average Bonchev–Trinajstić information content (AvgIpc) is 2.44. The zero-order valence-electron chi connectivity index (χ0n) is 15.2. The molecule has 130 valence electrons. The Morgan fingerprint density at radius 3 is 2.43 bits per heavy atom. The first-order valence-corrected chi connectivity index (χ1v) is 8.07. The Kier molecular flexibility index (Phi) is 7.36. The number of nitrogens with one attached hydrogen (secondary N) is 2. The van der Waals surface area contributed by atoms with E-state index < -0.39 is 5.60 Å². The van der Waals surface area contributed by atoms with Gasteiger partial charge in [0.05, 0.1) is 23.5 Å². The number of ether oxygens (including phenoxy) is 2. The van der Waals surface area contributed by atoms with E-state index in [0.29, 0.717) is 24.6 Å². The van der Waals surface area contributed by atoms with Gasteiger partial charge in [-0.25, -0.2) is 4.79 Å². The number of rotatable bonds is 8. The number of esters is 1. The lowest BCUT2D eigenvalue weighted by atomic mass is 10.1. The van der Waals surface area contributed by atoms with E-state index in [1.165, 1.54) is 0 Å². The molecule has 0 aromatic heterocycles. The van der Waals surface area contributed by atoms with Crippen LogP contribution in [0.2, 0.25) is 0 Å². The molecule has 0 aliphatic heterocycles. The van der Waals surface area contributed by atoms with Crippen molar-refractivity contribution in [3.8, 4) is 0 Å². The Bertz CT molecular complexity index is 507. The van der Waals surface area contributed by atoms with Crippen molar-refractivity contribution in [2.75, 3.05) is 37.4 Å². The van der Waals surface area contributed by atoms with Crippen molar-refractivity contribution >= 4 is 17.3 Å². The monoisotopic (exact) mass is 322 g/mol. The van der Waals surface area contributed by atoms with Crippen molar-refractivity contribution in [2.24, 2.45) is 5.92 Å². The normalized spacial score (nSPS) is 11.4. The van der Waals surface area contributed by atoms with E-state index in [2.05, 4.69) is 24.5 Å². The second kappa shape index (κ2) is 8.77. The number of carbonyl (C=O) groups is 1. The molecule has 0 unspecified atom stereocenters. The molecule has 1 aromatic rings. The van der Waals surface area contributed by atoms with Crippen LogP contribution in [0.25, 0.3) is 0 Å². The van der Waals surface area contributed by atoms with Gasteiger partial charge in [-0.2, -0.15) is 0 Å². The molecule has 0 heterocycles. The van der Waals surface area contributed by atoms with E-state index in [-0.39, 0.29) is 5.97 Å². The Hall–Kier alpha value is -1.75. The van der Waals surface area contributed by atoms with Gasteiger partial charge in [-0.3, -0.25) is 0 Å². The van der Waals surface area contributed by atoms with Crippen LogP contribution >= 0.6 is 0 Å². The molecule has 0 amide bonds. The molecule has 0 saturated carbocycles. The van der Waals surface area contributed by atoms with E-state index >= 15 is 0 Å². The number of methoxy groups -OCH3 is 1. The summed E-state index contributed by atoms with van der Waals surface area (Å²) in [5.74, 6) is 0.218. The molecule has 0 spiro atoms. The summed E-state index contributed by atoms with van der Waals surface area (Å²) in [6, 6.07) is 5.53. The minimum absolute atomic E-state index is 0.317. The number of benzene rings is 1. The minimum atomic E-state index is -0.505. The molecule has 5 nitrogen and oxygen atoms in total. The molecule has 0 fully saturated rings. The van der Waals surface area contributed by atoms with E-state index in [4.69, 9.17) is 9.47 Å². The average molecular weight is 322 g/mol. The lowest BCUT2D eigenvalue weighted by molar-refractivity contribution is 0.00696. The molecule has 0 aliphatic rings. The number of anilines is 2. The predicted octanol–water partition coefficient (Wildman–Crippen LogP) is 3.77. The van der Waals surface area contributed by atoms with Crippen LogP contribution in [-0.4, -0.2) is 38.4 Å². The van der Waals surface area contributed by atoms with Crippen LogP contribution in [0.5, 0.6) is 0 Å². The summed E-state index contributed by atoms with van der Waals surface area (Å²) in [4.78, 5) is 12.2. The first-order chi connectivity index (χ1) is 10.7. The van der Waals surface area contributed by atoms with Gasteiger partial charge < -0.3 is 20.1 Å². The lowest BCUT2D eigenvalue weighted by Gasteiger charge is -2.21. The highest BCUT2D eigenvalue weighted by molar-refractivity contribution is 5.92. The zero-order valence-corrected chi connectivity index (χ0v) is 15.2. The molecule has 0 saturated heterocycles. The molecular formula is C18H30N2O3. The summed E-state index contributed by atoms with van der Waals surface area (Å²) in [6.07, 6.45) is 0. The highest BCUT2D eigenvalue weighted by Gasteiger charge is 2.18. The summed E-state index contributed by atoms with van der Waals surface area (Å²) in [5, 5.41) is 6.70. The Balaban J connectivity index is 2.93. The van der Waals surface area contributed by atoms with Crippen LogP contribution < -0.4 is 10.6 Å². The molecule has 0 bridgehead atoms. The molecule has 5 heteroatoms. The van der Waals surface area contributed by atoms with E-state index in [9.17, 15) is 4.79 Å². The molecule has 1 aromatic carbocycles. The highest BCUT2D eigenvalue weighted by atomic mass is 16.6. The topological polar surface area (TPSA) is 59.6 Å². The fourth-order valence-electron chi connectivity index (χ4n) is 1.91. The van der Waals surface area contributed by atoms with Gasteiger partial charge in [0.1, 0.15) is 5.60 Å². The first-order valence-electron chi connectivity index (χ1n) is 8.07. The maximum atomic E-state index is 12.2. The quantitative estimate of drug-likeness (QED) is 0.563. The van der Waals surface area contributed by atoms with Gasteiger partial charge in [0.2, 0.25) is 0 Å². The molecule has 23 heavy (non-hydrogen) atoms. The molecule has 1 rings (SSSR count). The van der Waals surface area contributed by atoms with Gasteiger partial charge in [-0.1, -0.05) is 13.8 Å². The van der Waals surface area contributed by atoms with Crippen molar-refractivity contribution in [3.05, 3.63) is 23.8 Å². The largest absolute Gasteiger partial charge is 0.456 e. The summed E-state index contributed by atoms with van der Waals surface area (Å²) in [7, 11) is 1.66. The molecule has 0 aliphatic carbocycles. The number of hydrogen-bond acceptors (Lipinski definition) is 5. The smallest absolute Gasteiger partial charge is 0.338 e. The van der Waals surface area contributed by atoms with Crippen molar-refractivity contribution in [1.29, 1.82) is 0 Å². The van der Waals surface area contributed by atoms with Crippen LogP contribution in [-0.2, 0) is 9.47 Å². The van der Waals surface area contributed by atoms with Gasteiger partial charge in [0.15, 0.2) is 0 Å². The van der Waals surface area contributed by atoms with E-state index in [1.54, 1.807) is 13.2 Å². The van der Waals surface area contributed by atoms with Gasteiger partial charge in [0.25, 0.3) is 0 Å². The van der Waals surface area contributed by atoms with Crippen LogP contribution in [0.4, 0.5) is 11.4 Å². The third-order valence-electron chi connectivity index (χ3n) is 2.98. The second-order valence-corrected chi connectivity index (χ2v) is 6.96. The molecular weight excluding hydrogens is 292 g/mol. The predicted molar refractivity (Wildman–Crippen MR) is 95.3 cm³/mol. The van der Waals surface area contributed by atoms with Crippen LogP contribution in [0.15, 0.2) is 18.2 Å².